The summed E-state index contributed by atoms with van der Waals surface area (Å²) in [5.41, 5.74) is 3.15. The Bertz CT molecular complexity index is 523. The molecule has 2 aromatic rings. The number of hydrogen-bond donors (Lipinski definition) is 1. The number of anilines is 1. The number of nitrogens with zero attached hydrogens (tertiary/aromatic N) is 1. The van der Waals surface area contributed by atoms with Crippen LogP contribution in [0, 0.1) is 0 Å². The molecule has 0 bridgehead atoms. The van der Waals surface area contributed by atoms with Gasteiger partial charge in [0.05, 0.1) is 7.11 Å². The summed E-state index contributed by atoms with van der Waals surface area (Å²) in [6, 6.07) is 8.12. The van der Waals surface area contributed by atoms with Crippen LogP contribution in [-0.2, 0) is 6.42 Å². The Morgan fingerprint density at radius 3 is 2.82 bits per heavy atom. The van der Waals surface area contributed by atoms with Crippen molar-refractivity contribution in [3.63, 3.8) is 0 Å². The van der Waals surface area contributed by atoms with E-state index in [0.717, 1.165) is 40.9 Å². The van der Waals surface area contributed by atoms with Gasteiger partial charge in [-0.1, -0.05) is 25.5 Å². The maximum Gasteiger partial charge on any atom is 0.145 e. The fourth-order valence-electron chi connectivity index (χ4n) is 2.03. The zero-order valence-electron chi connectivity index (χ0n) is 10.6. The second kappa shape index (κ2) is 5.04. The van der Waals surface area contributed by atoms with E-state index in [9.17, 15) is 0 Å². The molecular weight excluding hydrogens is 212 g/mol. The van der Waals surface area contributed by atoms with Gasteiger partial charge in [-0.05, 0) is 18.6 Å². The molecule has 0 atom stereocenters. The first-order chi connectivity index (χ1) is 8.30. The SMILES string of the molecule is CCCc1cc(NC)c2cccc(OC)c2n1. The van der Waals surface area contributed by atoms with E-state index < -0.39 is 0 Å². The van der Waals surface area contributed by atoms with Crippen LogP contribution in [-0.4, -0.2) is 19.1 Å². The maximum atomic E-state index is 5.37. The number of nitrogens with one attached hydrogen (secondary N) is 1. The van der Waals surface area contributed by atoms with Crippen molar-refractivity contribution in [1.29, 1.82) is 0 Å². The number of pyridine rings is 1. The van der Waals surface area contributed by atoms with Crippen molar-refractivity contribution in [3.05, 3.63) is 30.0 Å². The van der Waals surface area contributed by atoms with Crippen molar-refractivity contribution >= 4 is 16.6 Å². The standard InChI is InChI=1S/C14H18N2O/c1-4-6-10-9-12(15-2)11-7-5-8-13(17-3)14(11)16-10/h5,7-9H,4,6H2,1-3H3,(H,15,16). The van der Waals surface area contributed by atoms with Gasteiger partial charge in [-0.15, -0.1) is 0 Å². The molecule has 0 aliphatic carbocycles. The molecule has 1 heterocycles. The van der Waals surface area contributed by atoms with E-state index in [2.05, 4.69) is 29.4 Å². The summed E-state index contributed by atoms with van der Waals surface area (Å²) in [5, 5.41) is 4.33. The molecule has 0 radical (unpaired) electrons. The summed E-state index contributed by atoms with van der Waals surface area (Å²) < 4.78 is 5.37. The van der Waals surface area contributed by atoms with Gasteiger partial charge < -0.3 is 10.1 Å². The van der Waals surface area contributed by atoms with Crippen LogP contribution in [0.25, 0.3) is 10.9 Å². The molecule has 1 N–H and O–H groups in total. The van der Waals surface area contributed by atoms with Crippen LogP contribution in [0.15, 0.2) is 24.3 Å². The first-order valence-corrected chi connectivity index (χ1v) is 5.94. The second-order valence-corrected chi connectivity index (χ2v) is 4.02. The number of rotatable bonds is 4. The highest BCUT2D eigenvalue weighted by Gasteiger charge is 2.08. The molecule has 0 amide bonds. The molecule has 0 saturated heterocycles. The summed E-state index contributed by atoms with van der Waals surface area (Å²) in [5.74, 6) is 0.831. The van der Waals surface area contributed by atoms with Crippen molar-refractivity contribution in [2.45, 2.75) is 19.8 Å². The van der Waals surface area contributed by atoms with Crippen LogP contribution < -0.4 is 10.1 Å². The number of benzene rings is 1. The van der Waals surface area contributed by atoms with Gasteiger partial charge in [0, 0.05) is 23.8 Å². The molecule has 0 aliphatic heterocycles. The van der Waals surface area contributed by atoms with Crippen LogP contribution >= 0.6 is 0 Å². The molecule has 3 nitrogen and oxygen atoms in total. The normalized spacial score (nSPS) is 10.5. The van der Waals surface area contributed by atoms with Crippen LogP contribution in [0.4, 0.5) is 5.69 Å². The van der Waals surface area contributed by atoms with Gasteiger partial charge in [-0.25, -0.2) is 4.98 Å². The second-order valence-electron chi connectivity index (χ2n) is 4.02. The summed E-state index contributed by atoms with van der Waals surface area (Å²) in [6.45, 7) is 2.16. The van der Waals surface area contributed by atoms with Crippen molar-refractivity contribution in [2.24, 2.45) is 0 Å². The van der Waals surface area contributed by atoms with E-state index in [1.807, 2.05) is 19.2 Å². The zero-order valence-corrected chi connectivity index (χ0v) is 10.6. The van der Waals surface area contributed by atoms with E-state index in [-0.39, 0.29) is 0 Å². The number of aromatic nitrogens is 1. The minimum absolute atomic E-state index is 0.831. The highest BCUT2D eigenvalue weighted by atomic mass is 16.5. The molecular formula is C14H18N2O. The molecule has 1 aromatic carbocycles. The molecule has 17 heavy (non-hydrogen) atoms. The predicted octanol–water partition coefficient (Wildman–Crippen LogP) is 3.24. The van der Waals surface area contributed by atoms with Crippen LogP contribution in [0.2, 0.25) is 0 Å². The van der Waals surface area contributed by atoms with Gasteiger partial charge in [-0.3, -0.25) is 0 Å². The highest BCUT2D eigenvalue weighted by molar-refractivity contribution is 5.95. The average molecular weight is 230 g/mol. The molecule has 1 aromatic heterocycles. The van der Waals surface area contributed by atoms with Crippen molar-refractivity contribution < 1.29 is 4.74 Å². The van der Waals surface area contributed by atoms with Crippen LogP contribution in [0.5, 0.6) is 5.75 Å². The zero-order chi connectivity index (χ0) is 12.3. The number of para-hydroxylation sites is 1. The molecule has 0 fully saturated rings. The largest absolute Gasteiger partial charge is 0.494 e. The molecule has 3 heteroatoms. The lowest BCUT2D eigenvalue weighted by Gasteiger charge is -2.11. The van der Waals surface area contributed by atoms with Crippen molar-refractivity contribution in [3.8, 4) is 5.75 Å². The van der Waals surface area contributed by atoms with E-state index in [4.69, 9.17) is 4.74 Å². The smallest absolute Gasteiger partial charge is 0.145 e. The molecule has 0 aliphatic rings. The molecule has 0 unspecified atom stereocenters. The third kappa shape index (κ3) is 2.18. The lowest BCUT2D eigenvalue weighted by molar-refractivity contribution is 0.419. The van der Waals surface area contributed by atoms with E-state index in [0.29, 0.717) is 0 Å². The van der Waals surface area contributed by atoms with Crippen molar-refractivity contribution in [2.75, 3.05) is 19.5 Å². The van der Waals surface area contributed by atoms with E-state index in [1.165, 1.54) is 0 Å². The summed E-state index contributed by atoms with van der Waals surface area (Å²) in [7, 11) is 3.62. The summed E-state index contributed by atoms with van der Waals surface area (Å²) in [6.07, 6.45) is 2.08. The Labute approximate surface area is 102 Å². The molecule has 2 rings (SSSR count). The highest BCUT2D eigenvalue weighted by Crippen LogP contribution is 2.29. The fraction of sp³-hybridized carbons (Fsp3) is 0.357. The summed E-state index contributed by atoms with van der Waals surface area (Å²) >= 11 is 0. The van der Waals surface area contributed by atoms with Crippen LogP contribution in [0.1, 0.15) is 19.0 Å². The van der Waals surface area contributed by atoms with Gasteiger partial charge in [0.1, 0.15) is 11.3 Å². The Hall–Kier alpha value is -1.77. The first-order valence-electron chi connectivity index (χ1n) is 5.94. The summed E-state index contributed by atoms with van der Waals surface area (Å²) in [4.78, 5) is 4.68. The minimum atomic E-state index is 0.831. The lowest BCUT2D eigenvalue weighted by Crippen LogP contribution is -1.98. The molecule has 0 spiro atoms. The maximum absolute atomic E-state index is 5.37. The van der Waals surface area contributed by atoms with E-state index >= 15 is 0 Å². The number of hydrogen-bond acceptors (Lipinski definition) is 3. The third-order valence-electron chi connectivity index (χ3n) is 2.85. The third-order valence-corrected chi connectivity index (χ3v) is 2.85. The number of methoxy groups -OCH3 is 1. The van der Waals surface area contributed by atoms with Crippen LogP contribution in [0.3, 0.4) is 0 Å². The van der Waals surface area contributed by atoms with Gasteiger partial charge in [-0.2, -0.15) is 0 Å². The van der Waals surface area contributed by atoms with Crippen molar-refractivity contribution in [1.82, 2.24) is 4.98 Å². The topological polar surface area (TPSA) is 34.1 Å². The predicted molar refractivity (Wildman–Crippen MR) is 71.8 cm³/mol. The van der Waals surface area contributed by atoms with E-state index in [1.54, 1.807) is 7.11 Å². The lowest BCUT2D eigenvalue weighted by atomic mass is 10.1. The fourth-order valence-corrected chi connectivity index (χ4v) is 2.03. The Morgan fingerprint density at radius 1 is 1.35 bits per heavy atom. The van der Waals surface area contributed by atoms with Gasteiger partial charge in [0.15, 0.2) is 0 Å². The monoisotopic (exact) mass is 230 g/mol. The molecule has 0 saturated carbocycles. The Morgan fingerprint density at radius 2 is 2.18 bits per heavy atom. The average Bonchev–Trinajstić information content (AvgIpc) is 2.37. The number of fused-ring (bicyclic) bond motifs is 1. The number of ether oxygens (including phenoxy) is 1. The van der Waals surface area contributed by atoms with Gasteiger partial charge in [0.25, 0.3) is 0 Å². The Kier molecular flexibility index (Phi) is 3.47. The quantitative estimate of drug-likeness (QED) is 0.875. The van der Waals surface area contributed by atoms with Gasteiger partial charge >= 0.3 is 0 Å². The first kappa shape index (κ1) is 11.7. The Balaban J connectivity index is 2.68. The number of aryl methyl sites for hydroxylation is 1. The van der Waals surface area contributed by atoms with Gasteiger partial charge in [0.2, 0.25) is 0 Å². The molecule has 90 valence electrons. The minimum Gasteiger partial charge on any atom is -0.494 e.